The molecule has 0 atom stereocenters. The van der Waals surface area contributed by atoms with E-state index in [1.165, 1.54) is 0 Å². The lowest BCUT2D eigenvalue weighted by Crippen LogP contribution is -2.24. The highest BCUT2D eigenvalue weighted by Crippen LogP contribution is 2.32. The van der Waals surface area contributed by atoms with E-state index in [0.29, 0.717) is 23.6 Å². The number of fused-ring (bicyclic) bond motifs is 1. The molecule has 6 nitrogen and oxygen atoms in total. The number of carbonyl (C=O) groups excluding carboxylic acids is 1. The number of carbonyl (C=O) groups is 1. The molecular weight excluding hydrogens is 302 g/mol. The van der Waals surface area contributed by atoms with Gasteiger partial charge in [0.1, 0.15) is 11.5 Å². The summed E-state index contributed by atoms with van der Waals surface area (Å²) in [6.45, 7) is 1.65. The molecule has 2 heterocycles. The fourth-order valence-electron chi connectivity index (χ4n) is 2.39. The van der Waals surface area contributed by atoms with Gasteiger partial charge in [-0.1, -0.05) is 11.8 Å². The summed E-state index contributed by atoms with van der Waals surface area (Å²) in [4.78, 5) is 18.8. The molecule has 0 unspecified atom stereocenters. The summed E-state index contributed by atoms with van der Waals surface area (Å²) in [6.07, 6.45) is 0.312. The molecule has 3 rings (SSSR count). The quantitative estimate of drug-likeness (QED) is 0.902. The monoisotopic (exact) mass is 319 g/mol. The van der Waals surface area contributed by atoms with Crippen molar-refractivity contribution < 1.29 is 14.3 Å². The van der Waals surface area contributed by atoms with Crippen LogP contribution in [0.3, 0.4) is 0 Å². The SMILES string of the molecule is COc1ccc(OC)c(NC(=O)CC2=CSC3=NCCN23)c1. The first-order valence-electron chi connectivity index (χ1n) is 6.91. The zero-order chi connectivity index (χ0) is 15.5. The third kappa shape index (κ3) is 2.89. The highest BCUT2D eigenvalue weighted by atomic mass is 32.2. The van der Waals surface area contributed by atoms with Gasteiger partial charge in [-0.25, -0.2) is 0 Å². The van der Waals surface area contributed by atoms with Gasteiger partial charge >= 0.3 is 0 Å². The lowest BCUT2D eigenvalue weighted by molar-refractivity contribution is -0.115. The van der Waals surface area contributed by atoms with Crippen LogP contribution in [0.25, 0.3) is 0 Å². The molecule has 0 saturated heterocycles. The molecule has 2 aliphatic heterocycles. The lowest BCUT2D eigenvalue weighted by atomic mass is 10.2. The predicted octanol–water partition coefficient (Wildman–Crippen LogP) is 2.29. The fourth-order valence-corrected chi connectivity index (χ4v) is 3.34. The minimum Gasteiger partial charge on any atom is -0.497 e. The number of amidine groups is 1. The minimum atomic E-state index is -0.0912. The van der Waals surface area contributed by atoms with Crippen molar-refractivity contribution in [2.24, 2.45) is 4.99 Å². The van der Waals surface area contributed by atoms with Crippen LogP contribution in [0, 0.1) is 0 Å². The van der Waals surface area contributed by atoms with E-state index >= 15 is 0 Å². The van der Waals surface area contributed by atoms with Crippen LogP contribution in [-0.4, -0.2) is 43.3 Å². The Kier molecular flexibility index (Phi) is 4.24. The molecule has 0 bridgehead atoms. The number of thioether (sulfide) groups is 1. The fraction of sp³-hybridized carbons (Fsp3) is 0.333. The van der Waals surface area contributed by atoms with E-state index in [0.717, 1.165) is 24.0 Å². The molecular formula is C15H17N3O3S. The molecule has 116 valence electrons. The Bertz CT molecular complexity index is 657. The Labute approximate surface area is 133 Å². The Morgan fingerprint density at radius 2 is 2.27 bits per heavy atom. The van der Waals surface area contributed by atoms with Gasteiger partial charge in [0, 0.05) is 18.3 Å². The number of ether oxygens (including phenoxy) is 2. The second-order valence-corrected chi connectivity index (χ2v) is 5.67. The van der Waals surface area contributed by atoms with Crippen molar-refractivity contribution in [3.05, 3.63) is 29.3 Å². The zero-order valence-electron chi connectivity index (χ0n) is 12.5. The molecule has 7 heteroatoms. The van der Waals surface area contributed by atoms with Gasteiger partial charge in [-0.3, -0.25) is 9.79 Å². The number of rotatable bonds is 5. The largest absolute Gasteiger partial charge is 0.497 e. The van der Waals surface area contributed by atoms with Gasteiger partial charge in [0.25, 0.3) is 0 Å². The summed E-state index contributed by atoms with van der Waals surface area (Å²) < 4.78 is 10.4. The third-order valence-corrected chi connectivity index (χ3v) is 4.42. The van der Waals surface area contributed by atoms with Gasteiger partial charge in [0.05, 0.1) is 32.9 Å². The predicted molar refractivity (Wildman–Crippen MR) is 87.5 cm³/mol. The number of amides is 1. The molecule has 1 N–H and O–H groups in total. The third-order valence-electron chi connectivity index (χ3n) is 3.47. The first kappa shape index (κ1) is 14.8. The second kappa shape index (κ2) is 6.31. The molecule has 0 radical (unpaired) electrons. The number of hydrogen-bond acceptors (Lipinski definition) is 6. The van der Waals surface area contributed by atoms with Gasteiger partial charge < -0.3 is 19.7 Å². The van der Waals surface area contributed by atoms with Crippen molar-refractivity contribution in [3.8, 4) is 11.5 Å². The molecule has 0 spiro atoms. The van der Waals surface area contributed by atoms with Crippen molar-refractivity contribution >= 4 is 28.5 Å². The summed E-state index contributed by atoms with van der Waals surface area (Å²) in [6, 6.07) is 5.30. The van der Waals surface area contributed by atoms with Crippen LogP contribution in [0.2, 0.25) is 0 Å². The molecule has 1 aromatic carbocycles. The normalized spacial score (nSPS) is 16.0. The van der Waals surface area contributed by atoms with Crippen molar-refractivity contribution in [2.75, 3.05) is 32.6 Å². The molecule has 0 aromatic heterocycles. The van der Waals surface area contributed by atoms with Crippen LogP contribution in [0.4, 0.5) is 5.69 Å². The number of benzene rings is 1. The second-order valence-electron chi connectivity index (χ2n) is 4.83. The number of hydrogen-bond donors (Lipinski definition) is 1. The Hall–Kier alpha value is -2.15. The van der Waals surface area contributed by atoms with E-state index in [1.54, 1.807) is 44.2 Å². The van der Waals surface area contributed by atoms with Gasteiger partial charge in [-0.05, 0) is 17.5 Å². The summed E-state index contributed by atoms with van der Waals surface area (Å²) in [5, 5.41) is 5.86. The van der Waals surface area contributed by atoms with E-state index in [1.807, 2.05) is 5.41 Å². The summed E-state index contributed by atoms with van der Waals surface area (Å²) in [7, 11) is 3.16. The first-order chi connectivity index (χ1) is 10.7. The van der Waals surface area contributed by atoms with Crippen molar-refractivity contribution in [1.82, 2.24) is 4.90 Å². The average Bonchev–Trinajstić information content (AvgIpc) is 3.12. The molecule has 0 fully saturated rings. The van der Waals surface area contributed by atoms with Crippen molar-refractivity contribution in [3.63, 3.8) is 0 Å². The number of methoxy groups -OCH3 is 2. The van der Waals surface area contributed by atoms with Crippen LogP contribution in [-0.2, 0) is 4.79 Å². The van der Waals surface area contributed by atoms with Crippen LogP contribution >= 0.6 is 11.8 Å². The Morgan fingerprint density at radius 3 is 3.05 bits per heavy atom. The Morgan fingerprint density at radius 1 is 1.41 bits per heavy atom. The number of nitrogens with one attached hydrogen (secondary N) is 1. The molecule has 22 heavy (non-hydrogen) atoms. The first-order valence-corrected chi connectivity index (χ1v) is 7.79. The van der Waals surface area contributed by atoms with Crippen LogP contribution in [0.5, 0.6) is 11.5 Å². The summed E-state index contributed by atoms with van der Waals surface area (Å²) >= 11 is 1.57. The van der Waals surface area contributed by atoms with Crippen LogP contribution in [0.15, 0.2) is 34.3 Å². The van der Waals surface area contributed by atoms with Crippen molar-refractivity contribution in [2.45, 2.75) is 6.42 Å². The van der Waals surface area contributed by atoms with Crippen LogP contribution in [0.1, 0.15) is 6.42 Å². The van der Waals surface area contributed by atoms with E-state index in [9.17, 15) is 4.79 Å². The number of anilines is 1. The Balaban J connectivity index is 1.68. The number of aliphatic imine (C=N–C) groups is 1. The van der Waals surface area contributed by atoms with Crippen LogP contribution < -0.4 is 14.8 Å². The lowest BCUT2D eigenvalue weighted by Gasteiger charge is -2.17. The highest BCUT2D eigenvalue weighted by molar-refractivity contribution is 8.16. The van der Waals surface area contributed by atoms with E-state index in [-0.39, 0.29) is 5.91 Å². The van der Waals surface area contributed by atoms with Gasteiger partial charge in [-0.15, -0.1) is 0 Å². The number of nitrogens with zero attached hydrogens (tertiary/aromatic N) is 2. The van der Waals surface area contributed by atoms with E-state index in [2.05, 4.69) is 15.2 Å². The molecule has 1 amide bonds. The maximum absolute atomic E-state index is 12.3. The van der Waals surface area contributed by atoms with E-state index < -0.39 is 0 Å². The summed E-state index contributed by atoms with van der Waals surface area (Å²) in [5.74, 6) is 1.18. The zero-order valence-corrected chi connectivity index (χ0v) is 13.3. The maximum atomic E-state index is 12.3. The topological polar surface area (TPSA) is 63.2 Å². The average molecular weight is 319 g/mol. The molecule has 2 aliphatic rings. The van der Waals surface area contributed by atoms with Gasteiger partial charge in [-0.2, -0.15) is 0 Å². The summed E-state index contributed by atoms with van der Waals surface area (Å²) in [5.41, 5.74) is 1.59. The van der Waals surface area contributed by atoms with E-state index in [4.69, 9.17) is 9.47 Å². The highest BCUT2D eigenvalue weighted by Gasteiger charge is 2.27. The molecule has 0 aliphatic carbocycles. The molecule has 0 saturated carbocycles. The smallest absolute Gasteiger partial charge is 0.230 e. The van der Waals surface area contributed by atoms with Gasteiger partial charge in [0.2, 0.25) is 5.91 Å². The standard InChI is InChI=1S/C15H17N3O3S/c1-20-11-3-4-13(21-2)12(8-11)17-14(19)7-10-9-22-15-16-5-6-18(10)15/h3-4,8-9H,5-7H2,1-2H3,(H,17,19). The van der Waals surface area contributed by atoms with Crippen molar-refractivity contribution in [1.29, 1.82) is 0 Å². The minimum absolute atomic E-state index is 0.0912. The molecule has 1 aromatic rings. The van der Waals surface area contributed by atoms with Gasteiger partial charge in [0.15, 0.2) is 5.17 Å². The maximum Gasteiger partial charge on any atom is 0.230 e.